The quantitative estimate of drug-likeness (QED) is 0.615. The average molecular weight is 281 g/mol. The Morgan fingerprint density at radius 3 is 2.50 bits per heavy atom. The molecule has 0 fully saturated rings. The van der Waals surface area contributed by atoms with Crippen LogP contribution in [0.5, 0.6) is 5.75 Å². The normalized spacial score (nSPS) is 12.6. The molecule has 0 heterocycles. The van der Waals surface area contributed by atoms with E-state index in [1.807, 2.05) is 39.8 Å². The van der Waals surface area contributed by atoms with Gasteiger partial charge < -0.3 is 15.0 Å². The lowest BCUT2D eigenvalue weighted by Crippen LogP contribution is -2.31. The van der Waals surface area contributed by atoms with Crippen molar-refractivity contribution >= 4 is 11.4 Å². The van der Waals surface area contributed by atoms with Gasteiger partial charge in [-0.2, -0.15) is 0 Å². The topological polar surface area (TPSA) is 67.6 Å². The summed E-state index contributed by atoms with van der Waals surface area (Å²) in [6, 6.07) is 5.35. The van der Waals surface area contributed by atoms with Gasteiger partial charge in [0.25, 0.3) is 0 Å². The van der Waals surface area contributed by atoms with Gasteiger partial charge in [0.15, 0.2) is 5.75 Å². The first-order chi connectivity index (χ1) is 9.32. The second-order valence-corrected chi connectivity index (χ2v) is 5.27. The van der Waals surface area contributed by atoms with E-state index in [4.69, 9.17) is 4.74 Å². The highest BCUT2D eigenvalue weighted by atomic mass is 16.6. The first-order valence-corrected chi connectivity index (χ1v) is 6.67. The van der Waals surface area contributed by atoms with E-state index in [2.05, 4.69) is 5.32 Å². The van der Waals surface area contributed by atoms with Crippen molar-refractivity contribution in [2.45, 2.75) is 32.9 Å². The molecule has 1 aromatic rings. The van der Waals surface area contributed by atoms with Crippen LogP contribution in [-0.2, 0) is 0 Å². The highest BCUT2D eigenvalue weighted by Gasteiger charge is 2.22. The van der Waals surface area contributed by atoms with Gasteiger partial charge in [0, 0.05) is 12.6 Å². The molecule has 0 spiro atoms. The van der Waals surface area contributed by atoms with Crippen molar-refractivity contribution in [1.82, 2.24) is 4.90 Å². The van der Waals surface area contributed by atoms with E-state index >= 15 is 0 Å². The molecule has 0 aliphatic heterocycles. The molecule has 1 atom stereocenters. The summed E-state index contributed by atoms with van der Waals surface area (Å²) >= 11 is 0. The lowest BCUT2D eigenvalue weighted by atomic mass is 10.2. The summed E-state index contributed by atoms with van der Waals surface area (Å²) in [7, 11) is 3.94. The fourth-order valence-corrected chi connectivity index (χ4v) is 1.64. The third kappa shape index (κ3) is 4.38. The molecule has 0 aromatic heterocycles. The third-order valence-corrected chi connectivity index (χ3v) is 3.01. The number of nitrogens with one attached hydrogen (secondary N) is 1. The number of hydrogen-bond donors (Lipinski definition) is 1. The minimum Gasteiger partial charge on any atom is -0.484 e. The molecule has 0 amide bonds. The molecule has 0 aliphatic rings. The van der Waals surface area contributed by atoms with Gasteiger partial charge in [-0.1, -0.05) is 6.07 Å². The number of nitrogens with zero attached hydrogens (tertiary/aromatic N) is 2. The molecule has 0 bridgehead atoms. The molecule has 0 saturated carbocycles. The molecule has 1 unspecified atom stereocenters. The predicted molar refractivity (Wildman–Crippen MR) is 80.5 cm³/mol. The largest absolute Gasteiger partial charge is 0.484 e. The van der Waals surface area contributed by atoms with Gasteiger partial charge in [-0.15, -0.1) is 0 Å². The number of para-hydroxylation sites is 1. The van der Waals surface area contributed by atoms with Crippen LogP contribution in [0.25, 0.3) is 0 Å². The number of nitro benzene ring substituents is 1. The highest BCUT2D eigenvalue weighted by Crippen LogP contribution is 2.35. The zero-order valence-electron chi connectivity index (χ0n) is 12.7. The standard InChI is InChI=1S/C14H23N3O3/c1-10(2)20-13-8-6-7-12(14(13)17(18)19)15-9-11(3)16(4)5/h6-8,10-11,15H,9H2,1-5H3. The Morgan fingerprint density at radius 2 is 2.00 bits per heavy atom. The second kappa shape index (κ2) is 7.09. The maximum atomic E-state index is 11.3. The van der Waals surface area contributed by atoms with Gasteiger partial charge in [0.2, 0.25) is 0 Å². The van der Waals surface area contributed by atoms with Gasteiger partial charge in [0.1, 0.15) is 5.69 Å². The SMILES string of the molecule is CC(C)Oc1cccc(NCC(C)N(C)C)c1[N+](=O)[O-]. The van der Waals surface area contributed by atoms with Crippen LogP contribution in [-0.4, -0.2) is 42.6 Å². The fourth-order valence-electron chi connectivity index (χ4n) is 1.64. The second-order valence-electron chi connectivity index (χ2n) is 5.27. The monoisotopic (exact) mass is 281 g/mol. The number of ether oxygens (including phenoxy) is 1. The summed E-state index contributed by atoms with van der Waals surface area (Å²) in [4.78, 5) is 12.9. The number of likely N-dealkylation sites (N-methyl/N-ethyl adjacent to an activating group) is 1. The molecular weight excluding hydrogens is 258 g/mol. The molecule has 0 saturated heterocycles. The molecule has 20 heavy (non-hydrogen) atoms. The zero-order valence-corrected chi connectivity index (χ0v) is 12.7. The van der Waals surface area contributed by atoms with Crippen molar-refractivity contribution in [3.05, 3.63) is 28.3 Å². The van der Waals surface area contributed by atoms with Crippen LogP contribution in [0.4, 0.5) is 11.4 Å². The first-order valence-electron chi connectivity index (χ1n) is 6.67. The lowest BCUT2D eigenvalue weighted by Gasteiger charge is -2.21. The maximum absolute atomic E-state index is 11.3. The average Bonchev–Trinajstić information content (AvgIpc) is 2.34. The minimum absolute atomic E-state index is 0.00726. The smallest absolute Gasteiger partial charge is 0.333 e. The first kappa shape index (κ1) is 16.2. The molecule has 112 valence electrons. The molecule has 1 rings (SSSR count). The van der Waals surface area contributed by atoms with Crippen LogP contribution in [0.15, 0.2) is 18.2 Å². The minimum atomic E-state index is -0.402. The van der Waals surface area contributed by atoms with Crippen LogP contribution in [0.1, 0.15) is 20.8 Å². The Bertz CT molecular complexity index is 461. The van der Waals surface area contributed by atoms with E-state index in [9.17, 15) is 10.1 Å². The Hall–Kier alpha value is -1.82. The summed E-state index contributed by atoms with van der Waals surface area (Å²) < 4.78 is 5.51. The Labute approximate surface area is 119 Å². The van der Waals surface area contributed by atoms with Crippen LogP contribution in [0.3, 0.4) is 0 Å². The molecule has 0 aliphatic carbocycles. The lowest BCUT2D eigenvalue weighted by molar-refractivity contribution is -0.385. The Kier molecular flexibility index (Phi) is 5.76. The van der Waals surface area contributed by atoms with Crippen molar-refractivity contribution in [3.8, 4) is 5.75 Å². The number of anilines is 1. The zero-order chi connectivity index (χ0) is 15.3. The number of nitro groups is 1. The molecule has 6 heteroatoms. The summed E-state index contributed by atoms with van der Waals surface area (Å²) in [5.74, 6) is 0.299. The van der Waals surface area contributed by atoms with Crippen molar-refractivity contribution in [3.63, 3.8) is 0 Å². The van der Waals surface area contributed by atoms with E-state index in [1.165, 1.54) is 0 Å². The molecule has 0 radical (unpaired) electrons. The summed E-state index contributed by atoms with van der Waals surface area (Å²) in [5.41, 5.74) is 0.481. The van der Waals surface area contributed by atoms with Gasteiger partial charge in [-0.05, 0) is 47.0 Å². The molecule has 1 aromatic carbocycles. The molecule has 6 nitrogen and oxygen atoms in total. The van der Waals surface area contributed by atoms with Crippen LogP contribution in [0, 0.1) is 10.1 Å². The van der Waals surface area contributed by atoms with Crippen molar-refractivity contribution < 1.29 is 9.66 Å². The van der Waals surface area contributed by atoms with E-state index in [1.54, 1.807) is 18.2 Å². The number of hydrogen-bond acceptors (Lipinski definition) is 5. The molecular formula is C14H23N3O3. The summed E-state index contributed by atoms with van der Waals surface area (Å²) in [6.45, 7) is 6.36. The predicted octanol–water partition coefficient (Wildman–Crippen LogP) is 2.74. The maximum Gasteiger partial charge on any atom is 0.333 e. The highest BCUT2D eigenvalue weighted by molar-refractivity contribution is 5.68. The fraction of sp³-hybridized carbons (Fsp3) is 0.571. The van der Waals surface area contributed by atoms with Crippen molar-refractivity contribution in [1.29, 1.82) is 0 Å². The van der Waals surface area contributed by atoms with Crippen LogP contribution >= 0.6 is 0 Å². The molecule has 1 N–H and O–H groups in total. The Morgan fingerprint density at radius 1 is 1.35 bits per heavy atom. The van der Waals surface area contributed by atoms with Gasteiger partial charge in [-0.25, -0.2) is 0 Å². The van der Waals surface area contributed by atoms with Gasteiger partial charge >= 0.3 is 5.69 Å². The van der Waals surface area contributed by atoms with Crippen LogP contribution < -0.4 is 10.1 Å². The van der Waals surface area contributed by atoms with E-state index in [-0.39, 0.29) is 17.8 Å². The van der Waals surface area contributed by atoms with Crippen molar-refractivity contribution in [2.24, 2.45) is 0 Å². The van der Waals surface area contributed by atoms with E-state index in [0.717, 1.165) is 0 Å². The van der Waals surface area contributed by atoms with Crippen molar-refractivity contribution in [2.75, 3.05) is 26.0 Å². The summed E-state index contributed by atoms with van der Waals surface area (Å²) in [6.07, 6.45) is -0.107. The van der Waals surface area contributed by atoms with Crippen LogP contribution in [0.2, 0.25) is 0 Å². The summed E-state index contributed by atoms with van der Waals surface area (Å²) in [5, 5.41) is 14.4. The van der Waals surface area contributed by atoms with Gasteiger partial charge in [0.05, 0.1) is 11.0 Å². The van der Waals surface area contributed by atoms with Gasteiger partial charge in [-0.3, -0.25) is 10.1 Å². The van der Waals surface area contributed by atoms with E-state index in [0.29, 0.717) is 18.0 Å². The van der Waals surface area contributed by atoms with E-state index < -0.39 is 4.92 Å². The number of rotatable bonds is 7. The number of benzene rings is 1. The third-order valence-electron chi connectivity index (χ3n) is 3.01. The Balaban J connectivity index is 2.97.